The topological polar surface area (TPSA) is 12.0 Å². The first-order valence-corrected chi connectivity index (χ1v) is 7.38. The summed E-state index contributed by atoms with van der Waals surface area (Å²) >= 11 is 0. The van der Waals surface area contributed by atoms with Crippen LogP contribution in [-0.4, -0.2) is 0 Å². The van der Waals surface area contributed by atoms with Crippen LogP contribution in [0.25, 0.3) is 0 Å². The minimum Gasteiger partial charge on any atom is -0.303 e. The molecule has 0 saturated carbocycles. The van der Waals surface area contributed by atoms with Gasteiger partial charge in [-0.15, -0.1) is 0 Å². The molecule has 2 atom stereocenters. The number of aryl methyl sites for hydroxylation is 1. The van der Waals surface area contributed by atoms with Crippen molar-refractivity contribution in [3.8, 4) is 0 Å². The average molecular weight is 269 g/mol. The third-order valence-electron chi connectivity index (χ3n) is 4.22. The molecular weight excluding hydrogens is 249 g/mol. The molecule has 0 spiro atoms. The zero-order valence-electron chi connectivity index (χ0n) is 11.8. The van der Waals surface area contributed by atoms with Gasteiger partial charge in [-0.2, -0.15) is 0 Å². The fraction of sp³-hybridized carbons (Fsp3) is 0.333. The molecule has 0 amide bonds. The standard InChI is InChI=1S/C18H20FN/c1-2-17(15-9-5-6-10-16(15)19)20-18-12-11-13-7-3-4-8-14(13)18/h3-10,17-18,20H,2,11-12H2,1H3. The summed E-state index contributed by atoms with van der Waals surface area (Å²) in [6.07, 6.45) is 3.10. The maximum atomic E-state index is 14.0. The molecule has 0 aromatic heterocycles. The van der Waals surface area contributed by atoms with Gasteiger partial charge in [0.2, 0.25) is 0 Å². The predicted octanol–water partition coefficient (Wildman–Crippen LogP) is 4.55. The summed E-state index contributed by atoms with van der Waals surface area (Å²) in [5.41, 5.74) is 3.58. The van der Waals surface area contributed by atoms with Gasteiger partial charge in [-0.25, -0.2) is 4.39 Å². The van der Waals surface area contributed by atoms with E-state index in [4.69, 9.17) is 0 Å². The Balaban J connectivity index is 1.82. The van der Waals surface area contributed by atoms with Crippen molar-refractivity contribution in [1.82, 2.24) is 5.32 Å². The Labute approximate surface area is 119 Å². The molecule has 104 valence electrons. The molecule has 3 rings (SSSR count). The van der Waals surface area contributed by atoms with Crippen molar-refractivity contribution in [2.75, 3.05) is 0 Å². The highest BCUT2D eigenvalue weighted by Crippen LogP contribution is 2.33. The molecule has 0 aliphatic heterocycles. The van der Waals surface area contributed by atoms with Gasteiger partial charge in [-0.05, 0) is 36.5 Å². The Morgan fingerprint density at radius 3 is 2.70 bits per heavy atom. The van der Waals surface area contributed by atoms with Gasteiger partial charge in [0.05, 0.1) is 0 Å². The first-order chi connectivity index (χ1) is 9.79. The van der Waals surface area contributed by atoms with E-state index >= 15 is 0 Å². The van der Waals surface area contributed by atoms with E-state index in [9.17, 15) is 4.39 Å². The largest absolute Gasteiger partial charge is 0.303 e. The SMILES string of the molecule is CCC(NC1CCc2ccccc21)c1ccccc1F. The number of nitrogens with one attached hydrogen (secondary N) is 1. The molecular formula is C18H20FN. The molecule has 1 aliphatic rings. The van der Waals surface area contributed by atoms with Crippen molar-refractivity contribution in [2.45, 2.75) is 38.3 Å². The number of rotatable bonds is 4. The summed E-state index contributed by atoms with van der Waals surface area (Å²) in [4.78, 5) is 0. The lowest BCUT2D eigenvalue weighted by atomic mass is 10.0. The van der Waals surface area contributed by atoms with E-state index in [0.717, 1.165) is 24.8 Å². The lowest BCUT2D eigenvalue weighted by molar-refractivity contribution is 0.419. The molecule has 20 heavy (non-hydrogen) atoms. The highest BCUT2D eigenvalue weighted by atomic mass is 19.1. The van der Waals surface area contributed by atoms with Crippen molar-refractivity contribution in [1.29, 1.82) is 0 Å². The Kier molecular flexibility index (Phi) is 3.83. The first kappa shape index (κ1) is 13.3. The van der Waals surface area contributed by atoms with Crippen LogP contribution in [0, 0.1) is 5.82 Å². The van der Waals surface area contributed by atoms with Gasteiger partial charge >= 0.3 is 0 Å². The van der Waals surface area contributed by atoms with Gasteiger partial charge in [-0.1, -0.05) is 49.4 Å². The quantitative estimate of drug-likeness (QED) is 0.858. The molecule has 1 nitrogen and oxygen atoms in total. The second-order valence-corrected chi connectivity index (χ2v) is 5.44. The number of hydrogen-bond donors (Lipinski definition) is 1. The average Bonchev–Trinajstić information content (AvgIpc) is 2.89. The van der Waals surface area contributed by atoms with Crippen molar-refractivity contribution in [3.63, 3.8) is 0 Å². The maximum Gasteiger partial charge on any atom is 0.127 e. The van der Waals surface area contributed by atoms with E-state index in [1.165, 1.54) is 11.1 Å². The minimum absolute atomic E-state index is 0.0763. The number of hydrogen-bond acceptors (Lipinski definition) is 1. The third kappa shape index (κ3) is 2.48. The maximum absolute atomic E-state index is 14.0. The van der Waals surface area contributed by atoms with Gasteiger partial charge in [0.15, 0.2) is 0 Å². The second kappa shape index (κ2) is 5.76. The summed E-state index contributed by atoms with van der Waals surface area (Å²) in [7, 11) is 0. The first-order valence-electron chi connectivity index (χ1n) is 7.38. The summed E-state index contributed by atoms with van der Waals surface area (Å²) < 4.78 is 14.0. The number of fused-ring (bicyclic) bond motifs is 1. The molecule has 0 radical (unpaired) electrons. The highest BCUT2D eigenvalue weighted by molar-refractivity contribution is 5.35. The van der Waals surface area contributed by atoms with E-state index in [-0.39, 0.29) is 11.9 Å². The van der Waals surface area contributed by atoms with Crippen molar-refractivity contribution >= 4 is 0 Å². The molecule has 1 N–H and O–H groups in total. The minimum atomic E-state index is -0.113. The molecule has 0 bridgehead atoms. The Morgan fingerprint density at radius 1 is 1.15 bits per heavy atom. The van der Waals surface area contributed by atoms with Gasteiger partial charge in [-0.3, -0.25) is 0 Å². The van der Waals surface area contributed by atoms with Crippen LogP contribution in [-0.2, 0) is 6.42 Å². The van der Waals surface area contributed by atoms with E-state index in [1.807, 2.05) is 12.1 Å². The Bertz CT molecular complexity index is 593. The highest BCUT2D eigenvalue weighted by Gasteiger charge is 2.25. The molecule has 1 aliphatic carbocycles. The van der Waals surface area contributed by atoms with Crippen LogP contribution in [0.2, 0.25) is 0 Å². The summed E-state index contributed by atoms with van der Waals surface area (Å²) in [6.45, 7) is 2.10. The monoisotopic (exact) mass is 269 g/mol. The lowest BCUT2D eigenvalue weighted by Gasteiger charge is -2.23. The van der Waals surface area contributed by atoms with Crippen LogP contribution in [0.5, 0.6) is 0 Å². The molecule has 0 fully saturated rings. The van der Waals surface area contributed by atoms with Crippen molar-refractivity contribution in [3.05, 3.63) is 71.0 Å². The Hall–Kier alpha value is -1.67. The van der Waals surface area contributed by atoms with E-state index in [2.05, 4.69) is 36.5 Å². The third-order valence-corrected chi connectivity index (χ3v) is 4.22. The van der Waals surface area contributed by atoms with Gasteiger partial charge in [0.1, 0.15) is 5.82 Å². The smallest absolute Gasteiger partial charge is 0.127 e. The fourth-order valence-corrected chi connectivity index (χ4v) is 3.16. The van der Waals surface area contributed by atoms with Crippen LogP contribution in [0.4, 0.5) is 4.39 Å². The molecule has 2 heteroatoms. The molecule has 2 unspecified atom stereocenters. The van der Waals surface area contributed by atoms with E-state index in [0.29, 0.717) is 6.04 Å². The molecule has 2 aromatic rings. The van der Waals surface area contributed by atoms with Gasteiger partial charge < -0.3 is 5.32 Å². The fourth-order valence-electron chi connectivity index (χ4n) is 3.16. The van der Waals surface area contributed by atoms with Gasteiger partial charge in [0.25, 0.3) is 0 Å². The summed E-state index contributed by atoms with van der Waals surface area (Å²) in [5.74, 6) is -0.113. The van der Waals surface area contributed by atoms with Crippen LogP contribution in [0.15, 0.2) is 48.5 Å². The van der Waals surface area contributed by atoms with Crippen LogP contribution in [0.1, 0.15) is 48.5 Å². The van der Waals surface area contributed by atoms with Crippen LogP contribution < -0.4 is 5.32 Å². The van der Waals surface area contributed by atoms with E-state index in [1.54, 1.807) is 12.1 Å². The zero-order valence-corrected chi connectivity index (χ0v) is 11.8. The van der Waals surface area contributed by atoms with Crippen LogP contribution in [0.3, 0.4) is 0 Å². The molecule has 0 heterocycles. The zero-order chi connectivity index (χ0) is 13.9. The second-order valence-electron chi connectivity index (χ2n) is 5.44. The number of halogens is 1. The van der Waals surface area contributed by atoms with Crippen LogP contribution >= 0.6 is 0 Å². The summed E-state index contributed by atoms with van der Waals surface area (Å²) in [5, 5.41) is 3.64. The summed E-state index contributed by atoms with van der Waals surface area (Å²) in [6, 6.07) is 16.1. The van der Waals surface area contributed by atoms with E-state index < -0.39 is 0 Å². The van der Waals surface area contributed by atoms with Crippen molar-refractivity contribution < 1.29 is 4.39 Å². The molecule has 2 aromatic carbocycles. The Morgan fingerprint density at radius 2 is 1.90 bits per heavy atom. The van der Waals surface area contributed by atoms with Crippen molar-refractivity contribution in [2.24, 2.45) is 0 Å². The lowest BCUT2D eigenvalue weighted by Crippen LogP contribution is -2.25. The van der Waals surface area contributed by atoms with Gasteiger partial charge in [0, 0.05) is 17.6 Å². The number of benzene rings is 2. The predicted molar refractivity (Wildman–Crippen MR) is 80.1 cm³/mol. The normalized spacial score (nSPS) is 18.8. The molecule has 0 saturated heterocycles.